The molecule has 1 N–H and O–H groups in total. The van der Waals surface area contributed by atoms with E-state index in [1.54, 1.807) is 25.4 Å². The van der Waals surface area contributed by atoms with Gasteiger partial charge in [-0.25, -0.2) is 4.79 Å². The summed E-state index contributed by atoms with van der Waals surface area (Å²) in [6.45, 7) is 2.19. The van der Waals surface area contributed by atoms with Crippen LogP contribution in [0.4, 0.5) is 0 Å². The average molecular weight is 244 g/mol. The number of ether oxygens (including phenoxy) is 1. The summed E-state index contributed by atoms with van der Waals surface area (Å²) in [6.07, 6.45) is 4.71. The maximum atomic E-state index is 11.2. The van der Waals surface area contributed by atoms with Crippen LogP contribution in [-0.2, 0) is 0 Å². The lowest BCUT2D eigenvalue weighted by Gasteiger charge is -2.08. The number of nitrogens with zero attached hydrogens (tertiary/aromatic N) is 2. The van der Waals surface area contributed by atoms with Gasteiger partial charge >= 0.3 is 5.97 Å². The van der Waals surface area contributed by atoms with Crippen molar-refractivity contribution in [1.82, 2.24) is 9.97 Å². The molecule has 0 fully saturated rings. The second kappa shape index (κ2) is 5.27. The third kappa shape index (κ3) is 2.45. The molecule has 0 saturated heterocycles. The second-order valence-electron chi connectivity index (χ2n) is 3.55. The third-order valence-corrected chi connectivity index (χ3v) is 2.35. The second-order valence-corrected chi connectivity index (χ2v) is 3.55. The summed E-state index contributed by atoms with van der Waals surface area (Å²) in [5, 5.41) is 9.14. The highest BCUT2D eigenvalue weighted by molar-refractivity contribution is 5.92. The molecular formula is C13H12N2O3. The Morgan fingerprint density at radius 1 is 1.44 bits per heavy atom. The zero-order chi connectivity index (χ0) is 13.0. The standard InChI is InChI=1S/C13H12N2O3/c1-2-18-12-8-15-11(6-10(12)13(16)17)9-4-3-5-14-7-9/h3-8H,2H2,1H3,(H,16,17). The van der Waals surface area contributed by atoms with Crippen LogP contribution in [0.2, 0.25) is 0 Å². The zero-order valence-electron chi connectivity index (χ0n) is 9.83. The smallest absolute Gasteiger partial charge is 0.339 e. The molecule has 0 atom stereocenters. The Labute approximate surface area is 104 Å². The van der Waals surface area contributed by atoms with Crippen molar-refractivity contribution in [3.63, 3.8) is 0 Å². The molecule has 0 aliphatic heterocycles. The normalized spacial score (nSPS) is 10.1. The predicted octanol–water partition coefficient (Wildman–Crippen LogP) is 2.24. The summed E-state index contributed by atoms with van der Waals surface area (Å²) in [7, 11) is 0. The van der Waals surface area contributed by atoms with Gasteiger partial charge in [0.05, 0.1) is 18.5 Å². The van der Waals surface area contributed by atoms with Crippen LogP contribution in [-0.4, -0.2) is 27.7 Å². The largest absolute Gasteiger partial charge is 0.491 e. The van der Waals surface area contributed by atoms with Gasteiger partial charge in [0.2, 0.25) is 0 Å². The molecule has 0 bridgehead atoms. The maximum Gasteiger partial charge on any atom is 0.339 e. The summed E-state index contributed by atoms with van der Waals surface area (Å²) in [4.78, 5) is 19.3. The van der Waals surface area contributed by atoms with E-state index in [9.17, 15) is 4.79 Å². The van der Waals surface area contributed by atoms with Gasteiger partial charge in [-0.1, -0.05) is 0 Å². The Morgan fingerprint density at radius 2 is 2.28 bits per heavy atom. The molecule has 2 aromatic rings. The number of hydrogen-bond acceptors (Lipinski definition) is 4. The van der Waals surface area contributed by atoms with E-state index in [2.05, 4.69) is 9.97 Å². The molecule has 18 heavy (non-hydrogen) atoms. The molecule has 5 nitrogen and oxygen atoms in total. The molecule has 0 spiro atoms. The lowest BCUT2D eigenvalue weighted by Crippen LogP contribution is -2.04. The van der Waals surface area contributed by atoms with Gasteiger partial charge in [-0.15, -0.1) is 0 Å². The topological polar surface area (TPSA) is 72.3 Å². The lowest BCUT2D eigenvalue weighted by atomic mass is 10.1. The minimum atomic E-state index is -1.04. The quantitative estimate of drug-likeness (QED) is 0.892. The summed E-state index contributed by atoms with van der Waals surface area (Å²) in [5.41, 5.74) is 1.43. The maximum absolute atomic E-state index is 11.2. The Morgan fingerprint density at radius 3 is 2.89 bits per heavy atom. The van der Waals surface area contributed by atoms with Crippen LogP contribution < -0.4 is 4.74 Å². The lowest BCUT2D eigenvalue weighted by molar-refractivity contribution is 0.0692. The summed E-state index contributed by atoms with van der Waals surface area (Å²) in [5.74, 6) is -0.761. The number of aromatic nitrogens is 2. The van der Waals surface area contributed by atoms with E-state index in [1.165, 1.54) is 12.3 Å². The molecule has 2 rings (SSSR count). The van der Waals surface area contributed by atoms with Gasteiger partial charge in [0.25, 0.3) is 0 Å². The van der Waals surface area contributed by atoms with Crippen molar-refractivity contribution in [3.8, 4) is 17.0 Å². The summed E-state index contributed by atoms with van der Waals surface area (Å²) >= 11 is 0. The molecule has 0 radical (unpaired) electrons. The number of hydrogen-bond donors (Lipinski definition) is 1. The fraction of sp³-hybridized carbons (Fsp3) is 0.154. The van der Waals surface area contributed by atoms with Crippen molar-refractivity contribution in [3.05, 3.63) is 42.4 Å². The Kier molecular flexibility index (Phi) is 3.52. The van der Waals surface area contributed by atoms with Crippen LogP contribution in [0.1, 0.15) is 17.3 Å². The number of pyridine rings is 2. The van der Waals surface area contributed by atoms with Crippen LogP contribution in [0.3, 0.4) is 0 Å². The van der Waals surface area contributed by atoms with Crippen molar-refractivity contribution in [2.45, 2.75) is 6.92 Å². The summed E-state index contributed by atoms with van der Waals surface area (Å²) in [6, 6.07) is 5.08. The zero-order valence-corrected chi connectivity index (χ0v) is 9.83. The van der Waals surface area contributed by atoms with E-state index in [4.69, 9.17) is 9.84 Å². The number of carbonyl (C=O) groups is 1. The van der Waals surface area contributed by atoms with E-state index < -0.39 is 5.97 Å². The first-order valence-electron chi connectivity index (χ1n) is 5.49. The van der Waals surface area contributed by atoms with Crippen LogP contribution in [0.5, 0.6) is 5.75 Å². The molecule has 2 heterocycles. The van der Waals surface area contributed by atoms with Gasteiger partial charge < -0.3 is 9.84 Å². The molecule has 92 valence electrons. The first-order valence-corrected chi connectivity index (χ1v) is 5.49. The van der Waals surface area contributed by atoms with Gasteiger partial charge in [-0.2, -0.15) is 0 Å². The van der Waals surface area contributed by atoms with Crippen LogP contribution >= 0.6 is 0 Å². The van der Waals surface area contributed by atoms with E-state index in [1.807, 2.05) is 6.07 Å². The van der Waals surface area contributed by atoms with E-state index in [0.717, 1.165) is 5.56 Å². The van der Waals surface area contributed by atoms with Crippen LogP contribution in [0.25, 0.3) is 11.3 Å². The highest BCUT2D eigenvalue weighted by atomic mass is 16.5. The number of rotatable bonds is 4. The fourth-order valence-corrected chi connectivity index (χ4v) is 1.55. The Hall–Kier alpha value is -2.43. The Balaban J connectivity index is 2.46. The Bertz CT molecular complexity index is 555. The fourth-order valence-electron chi connectivity index (χ4n) is 1.55. The van der Waals surface area contributed by atoms with Crippen molar-refractivity contribution in [1.29, 1.82) is 0 Å². The van der Waals surface area contributed by atoms with Crippen molar-refractivity contribution in [2.24, 2.45) is 0 Å². The minimum Gasteiger partial charge on any atom is -0.491 e. The molecule has 2 aromatic heterocycles. The highest BCUT2D eigenvalue weighted by Crippen LogP contribution is 2.23. The molecule has 0 unspecified atom stereocenters. The van der Waals surface area contributed by atoms with Crippen molar-refractivity contribution >= 4 is 5.97 Å². The van der Waals surface area contributed by atoms with Crippen molar-refractivity contribution < 1.29 is 14.6 Å². The van der Waals surface area contributed by atoms with Crippen LogP contribution in [0, 0.1) is 0 Å². The molecule has 0 aliphatic rings. The van der Waals surface area contributed by atoms with Gasteiger partial charge in [-0.3, -0.25) is 9.97 Å². The number of carboxylic acid groups (broad SMARTS) is 1. The predicted molar refractivity (Wildman–Crippen MR) is 65.6 cm³/mol. The van der Waals surface area contributed by atoms with Gasteiger partial charge in [0.1, 0.15) is 5.56 Å². The monoisotopic (exact) mass is 244 g/mol. The molecular weight excluding hydrogens is 232 g/mol. The van der Waals surface area contributed by atoms with E-state index >= 15 is 0 Å². The molecule has 0 saturated carbocycles. The van der Waals surface area contributed by atoms with E-state index in [-0.39, 0.29) is 11.3 Å². The number of aromatic carboxylic acids is 1. The van der Waals surface area contributed by atoms with Gasteiger partial charge in [-0.05, 0) is 25.1 Å². The first kappa shape index (κ1) is 12.0. The van der Waals surface area contributed by atoms with Crippen molar-refractivity contribution in [2.75, 3.05) is 6.61 Å². The highest BCUT2D eigenvalue weighted by Gasteiger charge is 2.13. The average Bonchev–Trinajstić information content (AvgIpc) is 2.40. The third-order valence-electron chi connectivity index (χ3n) is 2.35. The van der Waals surface area contributed by atoms with Crippen LogP contribution in [0.15, 0.2) is 36.8 Å². The first-order chi connectivity index (χ1) is 8.72. The van der Waals surface area contributed by atoms with Gasteiger partial charge in [0, 0.05) is 18.0 Å². The molecule has 0 amide bonds. The molecule has 0 aromatic carbocycles. The molecule has 5 heteroatoms. The molecule has 0 aliphatic carbocycles. The minimum absolute atomic E-state index is 0.103. The van der Waals surface area contributed by atoms with Gasteiger partial charge in [0.15, 0.2) is 5.75 Å². The summed E-state index contributed by atoms with van der Waals surface area (Å²) < 4.78 is 5.23. The SMILES string of the molecule is CCOc1cnc(-c2cccnc2)cc1C(=O)O. The number of carboxylic acids is 1. The van der Waals surface area contributed by atoms with E-state index in [0.29, 0.717) is 12.3 Å².